The van der Waals surface area contributed by atoms with Gasteiger partial charge >= 0.3 is 0 Å². The first-order valence-corrected chi connectivity index (χ1v) is 19.1. The Morgan fingerprint density at radius 1 is 0.440 bits per heavy atom. The summed E-state index contributed by atoms with van der Waals surface area (Å²) in [5, 5.41) is 0. The summed E-state index contributed by atoms with van der Waals surface area (Å²) in [6.45, 7) is 13.4. The Kier molecular flexibility index (Phi) is 9.23. The van der Waals surface area contributed by atoms with E-state index < -0.39 is 0 Å². The van der Waals surface area contributed by atoms with Crippen LogP contribution in [-0.4, -0.2) is 10.6 Å². The SMILES string of the molecule is CC(C)(C)c1ccc(Sc2ccc(Sc3ccc(C(C)(C)C)cc3)c3c2C(=O)c2c(-c4ccccc4)ccc(-c4ccccc4)c2C3=S)cc1. The van der Waals surface area contributed by atoms with Crippen molar-refractivity contribution in [2.24, 2.45) is 0 Å². The van der Waals surface area contributed by atoms with Crippen molar-refractivity contribution in [2.75, 3.05) is 0 Å². The van der Waals surface area contributed by atoms with E-state index in [2.05, 4.69) is 139 Å². The van der Waals surface area contributed by atoms with Gasteiger partial charge in [-0.25, -0.2) is 0 Å². The molecule has 0 amide bonds. The number of ketones is 1. The van der Waals surface area contributed by atoms with E-state index in [0.717, 1.165) is 53.0 Å². The molecule has 0 atom stereocenters. The van der Waals surface area contributed by atoms with E-state index in [1.54, 1.807) is 23.5 Å². The first kappa shape index (κ1) is 34.2. The number of hydrogen-bond acceptors (Lipinski definition) is 4. The standard InChI is InChI=1S/C46H40OS3/c1-45(2,3)31-17-21-33(22-18-31)49-37-27-28-38(50-34-23-19-32(20-24-34)46(4,5)6)42-41(37)43(47)39-35(29-13-9-7-10-14-29)25-26-36(40(39)44(42)48)30-15-11-8-12-16-30/h7-28H,1-6H3. The number of thiocarbonyl (C=S) groups is 1. The lowest BCUT2D eigenvalue weighted by atomic mass is 9.77. The monoisotopic (exact) mass is 704 g/mol. The molecule has 6 aromatic carbocycles. The largest absolute Gasteiger partial charge is 0.288 e. The highest BCUT2D eigenvalue weighted by Crippen LogP contribution is 2.47. The van der Waals surface area contributed by atoms with Crippen LogP contribution in [-0.2, 0) is 10.8 Å². The summed E-state index contributed by atoms with van der Waals surface area (Å²) < 4.78 is 0. The van der Waals surface area contributed by atoms with Gasteiger partial charge in [0.25, 0.3) is 0 Å². The fourth-order valence-corrected chi connectivity index (χ4v) is 8.94. The highest BCUT2D eigenvalue weighted by Gasteiger charge is 2.36. The Hall–Kier alpha value is -4.22. The van der Waals surface area contributed by atoms with Gasteiger partial charge in [-0.3, -0.25) is 4.79 Å². The maximum Gasteiger partial charge on any atom is 0.196 e. The van der Waals surface area contributed by atoms with Crippen LogP contribution < -0.4 is 0 Å². The second-order valence-corrected chi connectivity index (χ2v) is 17.5. The summed E-state index contributed by atoms with van der Waals surface area (Å²) in [5.74, 6) is 0.0135. The summed E-state index contributed by atoms with van der Waals surface area (Å²) in [6.07, 6.45) is 0. The second-order valence-electron chi connectivity index (χ2n) is 14.9. The van der Waals surface area contributed by atoms with E-state index >= 15 is 4.79 Å². The van der Waals surface area contributed by atoms with Gasteiger partial charge in [-0.2, -0.15) is 0 Å². The van der Waals surface area contributed by atoms with Gasteiger partial charge in [-0.1, -0.05) is 174 Å². The molecule has 0 heterocycles. The van der Waals surface area contributed by atoms with Gasteiger partial charge in [-0.05, 0) is 80.6 Å². The second kappa shape index (κ2) is 13.5. The van der Waals surface area contributed by atoms with E-state index in [1.165, 1.54) is 11.1 Å². The van der Waals surface area contributed by atoms with Gasteiger partial charge in [0, 0.05) is 41.8 Å². The van der Waals surface area contributed by atoms with Crippen LogP contribution in [0.5, 0.6) is 0 Å². The predicted octanol–water partition coefficient (Wildman–Crippen LogP) is 13.2. The van der Waals surface area contributed by atoms with E-state index in [1.807, 2.05) is 36.4 Å². The lowest BCUT2D eigenvalue weighted by Gasteiger charge is -2.28. The topological polar surface area (TPSA) is 17.1 Å². The average Bonchev–Trinajstić information content (AvgIpc) is 3.11. The zero-order valence-electron chi connectivity index (χ0n) is 29.3. The van der Waals surface area contributed by atoms with Crippen LogP contribution in [0.25, 0.3) is 22.3 Å². The molecular weight excluding hydrogens is 665 g/mol. The Bertz CT molecular complexity index is 2060. The van der Waals surface area contributed by atoms with Crippen molar-refractivity contribution in [1.82, 2.24) is 0 Å². The number of carbonyl (C=O) groups is 1. The lowest BCUT2D eigenvalue weighted by Crippen LogP contribution is -2.24. The van der Waals surface area contributed by atoms with E-state index in [9.17, 15) is 0 Å². The van der Waals surface area contributed by atoms with Crippen molar-refractivity contribution in [3.05, 3.63) is 167 Å². The highest BCUT2D eigenvalue weighted by atomic mass is 32.2. The van der Waals surface area contributed by atoms with Crippen LogP contribution in [0.4, 0.5) is 0 Å². The van der Waals surface area contributed by atoms with Gasteiger partial charge in [0.2, 0.25) is 0 Å². The van der Waals surface area contributed by atoms with Crippen LogP contribution in [0, 0.1) is 0 Å². The van der Waals surface area contributed by atoms with Crippen LogP contribution in [0.2, 0.25) is 0 Å². The first-order valence-electron chi connectivity index (χ1n) is 17.0. The molecule has 7 rings (SSSR count). The molecule has 0 bridgehead atoms. The van der Waals surface area contributed by atoms with Crippen molar-refractivity contribution in [2.45, 2.75) is 72.0 Å². The molecule has 0 aliphatic heterocycles. The quantitative estimate of drug-likeness (QED) is 0.160. The molecule has 0 aromatic heterocycles. The third-order valence-electron chi connectivity index (χ3n) is 9.31. The normalized spacial score (nSPS) is 12.8. The van der Waals surface area contributed by atoms with E-state index in [-0.39, 0.29) is 16.6 Å². The van der Waals surface area contributed by atoms with Gasteiger partial charge in [0.05, 0.1) is 4.86 Å². The number of benzene rings is 6. The Morgan fingerprint density at radius 3 is 1.26 bits per heavy atom. The summed E-state index contributed by atoms with van der Waals surface area (Å²) in [4.78, 5) is 20.1. The average molecular weight is 705 g/mol. The molecule has 0 saturated heterocycles. The first-order chi connectivity index (χ1) is 23.9. The molecule has 1 aliphatic carbocycles. The van der Waals surface area contributed by atoms with E-state index in [0.29, 0.717) is 16.0 Å². The van der Waals surface area contributed by atoms with Gasteiger partial charge in [0.1, 0.15) is 0 Å². The number of hydrogen-bond donors (Lipinski definition) is 0. The number of carbonyl (C=O) groups excluding carboxylic acids is 1. The summed E-state index contributed by atoms with van der Waals surface area (Å²) in [5.41, 5.74) is 9.66. The molecule has 1 nitrogen and oxygen atoms in total. The summed E-state index contributed by atoms with van der Waals surface area (Å²) >= 11 is 9.86. The van der Waals surface area contributed by atoms with Crippen molar-refractivity contribution >= 4 is 46.4 Å². The minimum Gasteiger partial charge on any atom is -0.288 e. The molecule has 6 aromatic rings. The molecule has 0 spiro atoms. The molecule has 4 heteroatoms. The molecule has 50 heavy (non-hydrogen) atoms. The maximum atomic E-state index is 15.3. The zero-order chi connectivity index (χ0) is 35.2. The molecule has 1 aliphatic rings. The smallest absolute Gasteiger partial charge is 0.196 e. The van der Waals surface area contributed by atoms with Crippen LogP contribution in [0.3, 0.4) is 0 Å². The Morgan fingerprint density at radius 2 is 0.840 bits per heavy atom. The minimum atomic E-state index is 0.0135. The van der Waals surface area contributed by atoms with Crippen LogP contribution in [0.15, 0.2) is 153 Å². The number of rotatable bonds is 6. The lowest BCUT2D eigenvalue weighted by molar-refractivity contribution is 0.103. The molecule has 0 fully saturated rings. The fraction of sp³-hybridized carbons (Fsp3) is 0.174. The third-order valence-corrected chi connectivity index (χ3v) is 11.9. The summed E-state index contributed by atoms with van der Waals surface area (Å²) in [6, 6.07) is 46.5. The molecule has 248 valence electrons. The molecule has 0 N–H and O–H groups in total. The summed E-state index contributed by atoms with van der Waals surface area (Å²) in [7, 11) is 0. The van der Waals surface area contributed by atoms with E-state index in [4.69, 9.17) is 12.2 Å². The van der Waals surface area contributed by atoms with Crippen molar-refractivity contribution in [3.8, 4) is 22.3 Å². The highest BCUT2D eigenvalue weighted by molar-refractivity contribution is 8.00. The van der Waals surface area contributed by atoms with Gasteiger partial charge < -0.3 is 0 Å². The Balaban J connectivity index is 1.43. The molecular formula is C46H40OS3. The molecule has 0 unspecified atom stereocenters. The van der Waals surface area contributed by atoms with Gasteiger partial charge in [0.15, 0.2) is 5.78 Å². The van der Waals surface area contributed by atoms with Crippen LogP contribution in [0.1, 0.15) is 79.7 Å². The minimum absolute atomic E-state index is 0.0135. The van der Waals surface area contributed by atoms with Crippen molar-refractivity contribution in [3.63, 3.8) is 0 Å². The number of fused-ring (bicyclic) bond motifs is 2. The van der Waals surface area contributed by atoms with Crippen LogP contribution >= 0.6 is 35.7 Å². The molecule has 0 saturated carbocycles. The van der Waals surface area contributed by atoms with Crippen molar-refractivity contribution < 1.29 is 4.79 Å². The Labute approximate surface area is 310 Å². The third kappa shape index (κ3) is 6.65. The van der Waals surface area contributed by atoms with Gasteiger partial charge in [-0.15, -0.1) is 0 Å². The maximum absolute atomic E-state index is 15.3. The zero-order valence-corrected chi connectivity index (χ0v) is 31.8. The molecule has 0 radical (unpaired) electrons. The van der Waals surface area contributed by atoms with Crippen molar-refractivity contribution in [1.29, 1.82) is 0 Å². The predicted molar refractivity (Wildman–Crippen MR) is 217 cm³/mol. The fourth-order valence-electron chi connectivity index (χ4n) is 6.53.